The highest BCUT2D eigenvalue weighted by Gasteiger charge is 2.14. The zero-order valence-corrected chi connectivity index (χ0v) is 34.9. The first kappa shape index (κ1) is 56.6. The van der Waals surface area contributed by atoms with Crippen molar-refractivity contribution in [2.75, 3.05) is 19.8 Å². The molecule has 296 valence electrons. The topological polar surface area (TPSA) is 128 Å². The van der Waals surface area contributed by atoms with Gasteiger partial charge in [0.05, 0.1) is 19.3 Å². The normalized spacial score (nSPS) is 9.73. The lowest BCUT2D eigenvalue weighted by molar-refractivity contribution is -0.144. The third-order valence-corrected chi connectivity index (χ3v) is 6.13. The number of amides is 1. The van der Waals surface area contributed by atoms with Gasteiger partial charge in [-0.3, -0.25) is 19.2 Å². The highest BCUT2D eigenvalue weighted by atomic mass is 16.5. The van der Waals surface area contributed by atoms with E-state index in [0.717, 1.165) is 32.1 Å². The smallest absolute Gasteiger partial charge is 0.302 e. The Bertz CT molecular complexity index is 1070. The van der Waals surface area contributed by atoms with Crippen LogP contribution in [0.5, 0.6) is 0 Å². The van der Waals surface area contributed by atoms with Crippen molar-refractivity contribution in [2.45, 2.75) is 154 Å². The van der Waals surface area contributed by atoms with Crippen LogP contribution in [0.4, 0.5) is 0 Å². The Labute approximate surface area is 312 Å². The first-order valence-corrected chi connectivity index (χ1v) is 18.3. The van der Waals surface area contributed by atoms with E-state index in [9.17, 15) is 19.2 Å². The Kier molecular flexibility index (Phi) is 45.2. The zero-order chi connectivity index (χ0) is 40.7. The summed E-state index contributed by atoms with van der Waals surface area (Å²) in [5, 5.41) is 11.7. The number of unbranched alkanes of at least 4 members (excludes halogenated alkanes) is 1. The molecule has 2 aromatic rings. The lowest BCUT2D eigenvalue weighted by Gasteiger charge is -2.23. The van der Waals surface area contributed by atoms with Gasteiger partial charge in [0.15, 0.2) is 0 Å². The molecular weight excluding hydrogens is 646 g/mol. The maximum Gasteiger partial charge on any atom is 0.302 e. The van der Waals surface area contributed by atoms with E-state index < -0.39 is 6.10 Å². The molecule has 0 bridgehead atoms. The monoisotopic (exact) mass is 722 g/mol. The molecule has 0 aliphatic rings. The predicted molar refractivity (Wildman–Crippen MR) is 213 cm³/mol. The molecule has 1 amide bonds. The molecule has 0 aliphatic carbocycles. The van der Waals surface area contributed by atoms with Crippen LogP contribution in [0.2, 0.25) is 0 Å². The van der Waals surface area contributed by atoms with Gasteiger partial charge in [-0.2, -0.15) is 0 Å². The Balaban J connectivity index is -0.000000165. The number of rotatable bonds is 11. The van der Waals surface area contributed by atoms with Crippen LogP contribution in [-0.4, -0.2) is 60.4 Å². The van der Waals surface area contributed by atoms with Crippen molar-refractivity contribution in [1.82, 2.24) is 5.32 Å². The summed E-state index contributed by atoms with van der Waals surface area (Å²) in [6.45, 7) is 29.2. The van der Waals surface area contributed by atoms with E-state index >= 15 is 0 Å². The van der Waals surface area contributed by atoms with Gasteiger partial charge in [0, 0.05) is 33.2 Å². The van der Waals surface area contributed by atoms with Crippen LogP contribution in [0.15, 0.2) is 54.6 Å². The largest absolute Gasteiger partial charge is 0.466 e. The minimum atomic E-state index is -0.506. The highest BCUT2D eigenvalue weighted by molar-refractivity contribution is 5.73. The van der Waals surface area contributed by atoms with E-state index in [1.807, 2.05) is 59.7 Å². The van der Waals surface area contributed by atoms with Gasteiger partial charge in [0.2, 0.25) is 5.91 Å². The number of carbonyl (C=O) groups is 4. The van der Waals surface area contributed by atoms with E-state index in [4.69, 9.17) is 5.11 Å². The van der Waals surface area contributed by atoms with Crippen LogP contribution in [-0.2, 0) is 39.8 Å². The minimum Gasteiger partial charge on any atom is -0.466 e. The molecule has 0 radical (unpaired) electrons. The van der Waals surface area contributed by atoms with Crippen LogP contribution in [0, 0.1) is 13.8 Å². The summed E-state index contributed by atoms with van der Waals surface area (Å²) in [5.74, 6) is -0.676. The average molecular weight is 722 g/mol. The molecule has 2 N–H and O–H groups in total. The Hall–Kier alpha value is -3.72. The molecule has 0 saturated heterocycles. The van der Waals surface area contributed by atoms with Crippen molar-refractivity contribution in [3.05, 3.63) is 71.3 Å². The Morgan fingerprint density at radius 1 is 0.686 bits per heavy atom. The summed E-state index contributed by atoms with van der Waals surface area (Å²) < 4.78 is 13.7. The van der Waals surface area contributed by atoms with Crippen molar-refractivity contribution in [1.29, 1.82) is 0 Å². The van der Waals surface area contributed by atoms with Gasteiger partial charge in [-0.1, -0.05) is 121 Å². The molecule has 1 unspecified atom stereocenters. The number of nitrogens with one attached hydrogen (secondary N) is 1. The molecule has 0 fully saturated rings. The first-order chi connectivity index (χ1) is 23.9. The first-order valence-electron chi connectivity index (χ1n) is 18.3. The summed E-state index contributed by atoms with van der Waals surface area (Å²) in [6.07, 6.45) is 5.17. The van der Waals surface area contributed by atoms with Gasteiger partial charge in [0.25, 0.3) is 0 Å². The number of esters is 3. The molecular formula is C42H75NO8. The van der Waals surface area contributed by atoms with E-state index in [1.54, 1.807) is 0 Å². The molecule has 0 heterocycles. The van der Waals surface area contributed by atoms with Crippen molar-refractivity contribution < 1.29 is 38.5 Å². The fourth-order valence-electron chi connectivity index (χ4n) is 2.86. The SMILES string of the molecule is CC.CCC(C)(C)NC(C)=O.CCC(O)COC(C)=O.CCCCOC(C)=O.CCCOC(C)=O.CCc1ccc(C)cc1.Cc1ccccc1. The number of aryl methyl sites for hydroxylation is 3. The number of benzene rings is 2. The average Bonchev–Trinajstić information content (AvgIpc) is 3.08. The number of carbonyl (C=O) groups excluding carboxylic acids is 4. The molecule has 51 heavy (non-hydrogen) atoms. The van der Waals surface area contributed by atoms with Crippen molar-refractivity contribution >= 4 is 23.8 Å². The lowest BCUT2D eigenvalue weighted by atomic mass is 10.0. The van der Waals surface area contributed by atoms with Crippen molar-refractivity contribution in [2.24, 2.45) is 0 Å². The fourth-order valence-corrected chi connectivity index (χ4v) is 2.86. The predicted octanol–water partition coefficient (Wildman–Crippen LogP) is 9.52. The molecule has 0 spiro atoms. The Morgan fingerprint density at radius 3 is 1.41 bits per heavy atom. The minimum absolute atomic E-state index is 0.0359. The van der Waals surface area contributed by atoms with Crippen LogP contribution in [0.3, 0.4) is 0 Å². The number of hydrogen-bond acceptors (Lipinski definition) is 8. The second-order valence-electron chi connectivity index (χ2n) is 11.8. The number of hydrogen-bond donors (Lipinski definition) is 2. The van der Waals surface area contributed by atoms with E-state index in [2.05, 4.69) is 90.5 Å². The number of ether oxygens (including phenoxy) is 3. The van der Waals surface area contributed by atoms with Crippen LogP contribution >= 0.6 is 0 Å². The molecule has 9 heteroatoms. The summed E-state index contributed by atoms with van der Waals surface area (Å²) in [7, 11) is 0. The molecule has 0 saturated carbocycles. The second kappa shape index (κ2) is 40.7. The van der Waals surface area contributed by atoms with Gasteiger partial charge in [0.1, 0.15) is 6.61 Å². The van der Waals surface area contributed by atoms with Gasteiger partial charge in [-0.25, -0.2) is 0 Å². The number of aliphatic hydroxyl groups excluding tert-OH is 1. The summed E-state index contributed by atoms with van der Waals surface area (Å²) in [6, 6.07) is 18.9. The maximum absolute atomic E-state index is 10.5. The molecule has 9 nitrogen and oxygen atoms in total. The third-order valence-electron chi connectivity index (χ3n) is 6.13. The van der Waals surface area contributed by atoms with Gasteiger partial charge < -0.3 is 24.6 Å². The van der Waals surface area contributed by atoms with Gasteiger partial charge in [-0.05, 0) is 65.4 Å². The van der Waals surface area contributed by atoms with Crippen LogP contribution in [0.1, 0.15) is 139 Å². The van der Waals surface area contributed by atoms with E-state index in [-0.39, 0.29) is 36.0 Å². The standard InChI is InChI=1S/C9H12.C7H15NO.C7H8.C6H12O3.C6H12O2.C5H10O2.C2H6/c1-3-9-6-4-8(2)5-7-9;1-5-7(3,4)8-6(2)9;1-7-5-3-2-4-6-7;1-3-6(8)4-9-5(2)7;1-3-4-5-8-6(2)7;1-3-4-7-5(2)6;1-2/h4-7H,3H2,1-2H3;5H2,1-4H3,(H,8,9);2-6H,1H3;6,8H,3-4H2,1-2H3;3-5H2,1-2H3;3-4H2,1-2H3;1-2H3. The summed E-state index contributed by atoms with van der Waals surface area (Å²) in [5.41, 5.74) is 4.04. The quantitative estimate of drug-likeness (QED) is 0.133. The van der Waals surface area contributed by atoms with Crippen LogP contribution in [0.25, 0.3) is 0 Å². The molecule has 0 aromatic heterocycles. The lowest BCUT2D eigenvalue weighted by Crippen LogP contribution is -2.41. The van der Waals surface area contributed by atoms with Gasteiger partial charge >= 0.3 is 17.9 Å². The van der Waals surface area contributed by atoms with E-state index in [0.29, 0.717) is 19.6 Å². The summed E-state index contributed by atoms with van der Waals surface area (Å²) in [4.78, 5) is 40.7. The number of aliphatic hydroxyl groups is 1. The van der Waals surface area contributed by atoms with Crippen LogP contribution < -0.4 is 5.32 Å². The van der Waals surface area contributed by atoms with E-state index in [1.165, 1.54) is 44.4 Å². The van der Waals surface area contributed by atoms with Crippen molar-refractivity contribution in [3.8, 4) is 0 Å². The van der Waals surface area contributed by atoms with Gasteiger partial charge in [-0.15, -0.1) is 0 Å². The summed E-state index contributed by atoms with van der Waals surface area (Å²) >= 11 is 0. The third kappa shape index (κ3) is 55.9. The fraction of sp³-hybridized carbons (Fsp3) is 0.619. The molecule has 1 atom stereocenters. The highest BCUT2D eigenvalue weighted by Crippen LogP contribution is 2.05. The van der Waals surface area contributed by atoms with Crippen molar-refractivity contribution in [3.63, 3.8) is 0 Å². The maximum atomic E-state index is 10.5. The zero-order valence-electron chi connectivity index (χ0n) is 34.9. The second-order valence-corrected chi connectivity index (χ2v) is 11.8. The molecule has 2 rings (SSSR count). The Morgan fingerprint density at radius 2 is 1.14 bits per heavy atom. The molecule has 0 aliphatic heterocycles. The molecule has 2 aromatic carbocycles.